The Morgan fingerprint density at radius 3 is 2.52 bits per heavy atom. The van der Waals surface area contributed by atoms with Crippen molar-refractivity contribution in [1.82, 2.24) is 19.9 Å². The summed E-state index contributed by atoms with van der Waals surface area (Å²) in [7, 11) is 0. The molecule has 0 aromatic carbocycles. The van der Waals surface area contributed by atoms with Crippen molar-refractivity contribution in [1.29, 1.82) is 5.26 Å². The predicted octanol–water partition coefficient (Wildman–Crippen LogP) is 3.40. The van der Waals surface area contributed by atoms with E-state index in [1.54, 1.807) is 18.6 Å². The molecule has 5 rings (SSSR count). The van der Waals surface area contributed by atoms with E-state index >= 15 is 0 Å². The fourth-order valence-corrected chi connectivity index (χ4v) is 5.24. The van der Waals surface area contributed by atoms with Crippen molar-refractivity contribution < 1.29 is 4.79 Å². The number of hydrogen-bond donors (Lipinski definition) is 0. The molecule has 1 spiro atoms. The van der Waals surface area contributed by atoms with Gasteiger partial charge in [0.05, 0.1) is 11.6 Å². The van der Waals surface area contributed by atoms with Crippen LogP contribution in [0.3, 0.4) is 0 Å². The number of nitrogens with zero attached hydrogens (tertiary/aromatic N) is 7. The van der Waals surface area contributed by atoms with Crippen LogP contribution in [0.5, 0.6) is 0 Å². The van der Waals surface area contributed by atoms with Gasteiger partial charge in [-0.25, -0.2) is 15.0 Å². The van der Waals surface area contributed by atoms with Gasteiger partial charge in [0, 0.05) is 54.3 Å². The maximum Gasteiger partial charge on any atom is 0.228 e. The Morgan fingerprint density at radius 2 is 1.85 bits per heavy atom. The summed E-state index contributed by atoms with van der Waals surface area (Å²) >= 11 is 0. The van der Waals surface area contributed by atoms with Gasteiger partial charge >= 0.3 is 0 Å². The lowest BCUT2D eigenvalue weighted by Crippen LogP contribution is -2.60. The van der Waals surface area contributed by atoms with Gasteiger partial charge in [0.25, 0.3) is 0 Å². The third kappa shape index (κ3) is 3.50. The van der Waals surface area contributed by atoms with Crippen molar-refractivity contribution in [2.24, 2.45) is 5.41 Å². The van der Waals surface area contributed by atoms with Gasteiger partial charge in [-0.3, -0.25) is 4.79 Å². The van der Waals surface area contributed by atoms with Gasteiger partial charge in [0.2, 0.25) is 5.91 Å². The Kier molecular flexibility index (Phi) is 4.85. The van der Waals surface area contributed by atoms with E-state index in [1.165, 1.54) is 5.56 Å². The van der Waals surface area contributed by atoms with E-state index in [0.29, 0.717) is 12.1 Å². The molecule has 2 aromatic heterocycles. The smallest absolute Gasteiger partial charge is 0.228 e. The third-order valence-corrected chi connectivity index (χ3v) is 7.22. The fraction of sp³-hybridized carbons (Fsp3) is 0.560. The minimum absolute atomic E-state index is 0.0393. The number of piperazine rings is 1. The first kappa shape index (κ1) is 21.6. The highest BCUT2D eigenvalue weighted by molar-refractivity contribution is 5.82. The van der Waals surface area contributed by atoms with Crippen LogP contribution in [-0.2, 0) is 10.2 Å². The number of carbonyl (C=O) groups is 1. The van der Waals surface area contributed by atoms with Crippen LogP contribution in [-0.4, -0.2) is 57.5 Å². The number of anilines is 3. The van der Waals surface area contributed by atoms with E-state index < -0.39 is 5.41 Å². The van der Waals surface area contributed by atoms with E-state index in [9.17, 15) is 10.1 Å². The standard InChI is InChI=1S/C25H31N7O/c1-16-13-31(23(33)24(3,4)5)17(2)12-30(16)21-20-22(29-15-28-21)32(14-25(20)7-8-25)19-10-18(11-26)6-9-27-19/h6,9-10,15-17H,7-8,12-14H2,1-5H3/t16?,17-/m0/s1. The van der Waals surface area contributed by atoms with Crippen LogP contribution < -0.4 is 9.80 Å². The summed E-state index contributed by atoms with van der Waals surface area (Å²) in [5.41, 5.74) is 1.44. The highest BCUT2D eigenvalue weighted by Gasteiger charge is 2.56. The highest BCUT2D eigenvalue weighted by atomic mass is 16.2. The Morgan fingerprint density at radius 1 is 1.12 bits per heavy atom. The minimum Gasteiger partial charge on any atom is -0.350 e. The van der Waals surface area contributed by atoms with Crippen LogP contribution in [0.4, 0.5) is 17.5 Å². The lowest BCUT2D eigenvalue weighted by molar-refractivity contribution is -0.142. The molecule has 0 radical (unpaired) electrons. The molecule has 3 aliphatic rings. The molecule has 8 nitrogen and oxygen atoms in total. The van der Waals surface area contributed by atoms with Crippen molar-refractivity contribution >= 4 is 23.4 Å². The first-order chi connectivity index (χ1) is 15.6. The molecular weight excluding hydrogens is 414 g/mol. The quantitative estimate of drug-likeness (QED) is 0.700. The highest BCUT2D eigenvalue weighted by Crippen LogP contribution is 2.59. The van der Waals surface area contributed by atoms with Crippen LogP contribution in [0.15, 0.2) is 24.7 Å². The summed E-state index contributed by atoms with van der Waals surface area (Å²) < 4.78 is 0. The van der Waals surface area contributed by atoms with Gasteiger partial charge in [-0.2, -0.15) is 5.26 Å². The molecule has 2 aliphatic heterocycles. The summed E-state index contributed by atoms with van der Waals surface area (Å²) in [5, 5.41) is 9.34. The van der Waals surface area contributed by atoms with Crippen molar-refractivity contribution in [2.45, 2.75) is 65.0 Å². The molecule has 1 saturated heterocycles. The van der Waals surface area contributed by atoms with Crippen LogP contribution in [0.1, 0.15) is 58.6 Å². The fourth-order valence-electron chi connectivity index (χ4n) is 5.24. The van der Waals surface area contributed by atoms with Gasteiger partial charge in [0.15, 0.2) is 0 Å². The molecule has 4 heterocycles. The second kappa shape index (κ2) is 7.41. The monoisotopic (exact) mass is 445 g/mol. The van der Waals surface area contributed by atoms with Crippen molar-refractivity contribution in [2.75, 3.05) is 29.4 Å². The van der Waals surface area contributed by atoms with Crippen molar-refractivity contribution in [3.63, 3.8) is 0 Å². The Hall–Kier alpha value is -3.21. The molecule has 1 saturated carbocycles. The van der Waals surface area contributed by atoms with E-state index in [1.807, 2.05) is 31.7 Å². The number of rotatable bonds is 2. The third-order valence-electron chi connectivity index (χ3n) is 7.22. The predicted molar refractivity (Wildman–Crippen MR) is 126 cm³/mol. The van der Waals surface area contributed by atoms with Crippen LogP contribution in [0, 0.1) is 16.7 Å². The number of nitriles is 1. The Balaban J connectivity index is 1.50. The first-order valence-electron chi connectivity index (χ1n) is 11.7. The normalized spacial score (nSPS) is 23.5. The molecular formula is C25H31N7O. The molecule has 1 aliphatic carbocycles. The number of amides is 1. The largest absolute Gasteiger partial charge is 0.350 e. The average Bonchev–Trinajstić information content (AvgIpc) is 3.49. The van der Waals surface area contributed by atoms with Gasteiger partial charge in [-0.1, -0.05) is 20.8 Å². The molecule has 2 fully saturated rings. The number of hydrogen-bond acceptors (Lipinski definition) is 7. The summed E-state index contributed by atoms with van der Waals surface area (Å²) in [5.74, 6) is 2.83. The zero-order chi connectivity index (χ0) is 23.5. The minimum atomic E-state index is -0.393. The number of pyridine rings is 1. The van der Waals surface area contributed by atoms with Crippen LogP contribution in [0.25, 0.3) is 0 Å². The molecule has 2 atom stereocenters. The zero-order valence-electron chi connectivity index (χ0n) is 20.0. The zero-order valence-corrected chi connectivity index (χ0v) is 20.0. The molecule has 0 bridgehead atoms. The molecule has 33 heavy (non-hydrogen) atoms. The van der Waals surface area contributed by atoms with E-state index in [0.717, 1.165) is 43.4 Å². The maximum atomic E-state index is 13.0. The number of carbonyl (C=O) groups excluding carboxylic acids is 1. The molecule has 0 N–H and O–H groups in total. The maximum absolute atomic E-state index is 13.0. The molecule has 8 heteroatoms. The van der Waals surface area contributed by atoms with Gasteiger partial charge in [-0.15, -0.1) is 0 Å². The SMILES string of the molecule is CC1CN(C(=O)C(C)(C)C)[C@@H](C)CN1c1ncnc2c1C1(CC1)CN2c1cc(C#N)ccn1. The molecule has 1 amide bonds. The molecule has 1 unspecified atom stereocenters. The summed E-state index contributed by atoms with van der Waals surface area (Å²) in [4.78, 5) is 33.6. The second-order valence-electron chi connectivity index (χ2n) is 10.8. The Bertz CT molecular complexity index is 1140. The number of aromatic nitrogens is 3. The van der Waals surface area contributed by atoms with Crippen LogP contribution in [0.2, 0.25) is 0 Å². The van der Waals surface area contributed by atoms with Crippen molar-refractivity contribution in [3.8, 4) is 6.07 Å². The summed E-state index contributed by atoms with van der Waals surface area (Å²) in [6, 6.07) is 6.01. The Labute approximate surface area is 195 Å². The average molecular weight is 446 g/mol. The van der Waals surface area contributed by atoms with Gasteiger partial charge in [-0.05, 0) is 38.8 Å². The van der Waals surface area contributed by atoms with Gasteiger partial charge < -0.3 is 14.7 Å². The van der Waals surface area contributed by atoms with E-state index in [-0.39, 0.29) is 23.4 Å². The molecule has 2 aromatic rings. The van der Waals surface area contributed by atoms with E-state index in [4.69, 9.17) is 4.98 Å². The van der Waals surface area contributed by atoms with Crippen molar-refractivity contribution in [3.05, 3.63) is 35.8 Å². The summed E-state index contributed by atoms with van der Waals surface area (Å²) in [6.45, 7) is 12.5. The second-order valence-corrected chi connectivity index (χ2v) is 10.8. The lowest BCUT2D eigenvalue weighted by atomic mass is 9.92. The lowest BCUT2D eigenvalue weighted by Gasteiger charge is -2.47. The van der Waals surface area contributed by atoms with Gasteiger partial charge in [0.1, 0.15) is 23.8 Å². The first-order valence-corrected chi connectivity index (χ1v) is 11.7. The topological polar surface area (TPSA) is 89.3 Å². The molecule has 172 valence electrons. The van der Waals surface area contributed by atoms with Crippen LogP contribution >= 0.6 is 0 Å². The van der Waals surface area contributed by atoms with E-state index in [2.05, 4.69) is 39.7 Å². The number of fused-ring (bicyclic) bond motifs is 2. The summed E-state index contributed by atoms with van der Waals surface area (Å²) in [6.07, 6.45) is 5.52.